The Bertz CT molecular complexity index is 520. The van der Waals surface area contributed by atoms with Crippen LogP contribution in [0.2, 0.25) is 5.02 Å². The molecule has 2 aromatic rings. The van der Waals surface area contributed by atoms with Crippen molar-refractivity contribution in [1.29, 1.82) is 0 Å². The molecule has 4 heteroatoms. The topological polar surface area (TPSA) is 22.4 Å². The van der Waals surface area contributed by atoms with E-state index in [2.05, 4.69) is 0 Å². The van der Waals surface area contributed by atoms with Crippen molar-refractivity contribution in [3.05, 3.63) is 52.4 Å². The lowest BCUT2D eigenvalue weighted by Crippen LogP contribution is -1.94. The number of aryl methyl sites for hydroxylation is 1. The van der Waals surface area contributed by atoms with Gasteiger partial charge in [0.15, 0.2) is 0 Å². The third-order valence-electron chi connectivity index (χ3n) is 2.64. The molecule has 2 rings (SSSR count). The molecule has 17 heavy (non-hydrogen) atoms. The Morgan fingerprint density at radius 2 is 2.06 bits per heavy atom. The van der Waals surface area contributed by atoms with Crippen molar-refractivity contribution >= 4 is 23.2 Å². The third-order valence-corrected chi connectivity index (χ3v) is 3.42. The number of benzene rings is 1. The van der Waals surface area contributed by atoms with E-state index in [-0.39, 0.29) is 5.38 Å². The van der Waals surface area contributed by atoms with Crippen LogP contribution in [0.25, 0.3) is 0 Å². The summed E-state index contributed by atoms with van der Waals surface area (Å²) in [5.41, 5.74) is 1.87. The number of rotatable bonds is 3. The smallest absolute Gasteiger partial charge is 0.137 e. The van der Waals surface area contributed by atoms with Crippen LogP contribution in [-0.2, 0) is 0 Å². The number of hydrogen-bond acceptors (Lipinski definition) is 2. The quantitative estimate of drug-likeness (QED) is 0.762. The molecule has 0 saturated heterocycles. The average molecular weight is 271 g/mol. The molecule has 1 heterocycles. The summed E-state index contributed by atoms with van der Waals surface area (Å²) in [5, 5.41) is 0.286. The third kappa shape index (κ3) is 2.43. The summed E-state index contributed by atoms with van der Waals surface area (Å²) in [6.45, 7) is 1.88. The second-order valence-corrected chi connectivity index (χ2v) is 4.53. The lowest BCUT2D eigenvalue weighted by atomic mass is 10.1. The van der Waals surface area contributed by atoms with Crippen LogP contribution in [0.1, 0.15) is 22.3 Å². The van der Waals surface area contributed by atoms with Crippen LogP contribution < -0.4 is 4.74 Å². The van der Waals surface area contributed by atoms with Gasteiger partial charge in [-0.05, 0) is 30.7 Å². The van der Waals surface area contributed by atoms with Gasteiger partial charge in [0.1, 0.15) is 11.5 Å². The van der Waals surface area contributed by atoms with Crippen LogP contribution in [0.4, 0.5) is 0 Å². The van der Waals surface area contributed by atoms with Crippen LogP contribution in [0.3, 0.4) is 0 Å². The maximum Gasteiger partial charge on any atom is 0.137 e. The second-order valence-electron chi connectivity index (χ2n) is 3.69. The molecule has 1 aromatic heterocycles. The first-order chi connectivity index (χ1) is 8.13. The largest absolute Gasteiger partial charge is 0.495 e. The molecule has 1 atom stereocenters. The zero-order valence-electron chi connectivity index (χ0n) is 9.54. The van der Waals surface area contributed by atoms with E-state index in [0.29, 0.717) is 10.8 Å². The molecular weight excluding hydrogens is 259 g/mol. The van der Waals surface area contributed by atoms with E-state index >= 15 is 0 Å². The molecule has 0 spiro atoms. The predicted molar refractivity (Wildman–Crippen MR) is 69.1 cm³/mol. The molecule has 2 nitrogen and oxygen atoms in total. The van der Waals surface area contributed by atoms with Gasteiger partial charge in [-0.15, -0.1) is 11.6 Å². The fourth-order valence-corrected chi connectivity index (χ4v) is 2.31. The molecule has 0 amide bonds. The summed E-state index contributed by atoms with van der Waals surface area (Å²) in [7, 11) is 1.58. The number of hydrogen-bond donors (Lipinski definition) is 0. The number of furan rings is 1. The average Bonchev–Trinajstić information content (AvgIpc) is 2.74. The minimum absolute atomic E-state index is 0.267. The monoisotopic (exact) mass is 270 g/mol. The van der Waals surface area contributed by atoms with Crippen LogP contribution in [0, 0.1) is 6.92 Å². The molecule has 0 aliphatic heterocycles. The van der Waals surface area contributed by atoms with E-state index in [9.17, 15) is 0 Å². The van der Waals surface area contributed by atoms with Gasteiger partial charge in [0.2, 0.25) is 0 Å². The summed E-state index contributed by atoms with van der Waals surface area (Å²) in [6.07, 6.45) is 1.63. The van der Waals surface area contributed by atoms with E-state index in [1.54, 1.807) is 13.4 Å². The van der Waals surface area contributed by atoms with E-state index in [4.69, 9.17) is 32.4 Å². The van der Waals surface area contributed by atoms with E-state index in [1.807, 2.05) is 31.2 Å². The first-order valence-corrected chi connectivity index (χ1v) is 5.96. The van der Waals surface area contributed by atoms with Crippen LogP contribution in [-0.4, -0.2) is 7.11 Å². The minimum atomic E-state index is -0.267. The standard InChI is InChI=1S/C13H12Cl2O2/c1-8-10(5-6-17-8)13(15)9-3-4-12(16-2)11(14)7-9/h3-7,13H,1-2H3. The summed E-state index contributed by atoms with van der Waals surface area (Å²) < 4.78 is 10.3. The zero-order chi connectivity index (χ0) is 12.4. The molecule has 90 valence electrons. The molecule has 0 N–H and O–H groups in total. The number of alkyl halides is 1. The molecule has 0 bridgehead atoms. The second kappa shape index (κ2) is 5.03. The van der Waals surface area contributed by atoms with Crippen molar-refractivity contribution < 1.29 is 9.15 Å². The number of halogens is 2. The van der Waals surface area contributed by atoms with Crippen molar-refractivity contribution in [3.8, 4) is 5.75 Å². The molecule has 0 radical (unpaired) electrons. The van der Waals surface area contributed by atoms with Gasteiger partial charge in [0.05, 0.1) is 23.8 Å². The van der Waals surface area contributed by atoms with Crippen molar-refractivity contribution in [1.82, 2.24) is 0 Å². The Labute approximate surface area is 110 Å². The van der Waals surface area contributed by atoms with Gasteiger partial charge in [-0.25, -0.2) is 0 Å². The maximum absolute atomic E-state index is 6.39. The Hall–Kier alpha value is -1.12. The summed E-state index contributed by atoms with van der Waals surface area (Å²) in [6, 6.07) is 7.38. The first kappa shape index (κ1) is 12.3. The zero-order valence-corrected chi connectivity index (χ0v) is 11.0. The minimum Gasteiger partial charge on any atom is -0.495 e. The van der Waals surface area contributed by atoms with Gasteiger partial charge in [-0.3, -0.25) is 0 Å². The van der Waals surface area contributed by atoms with E-state index in [1.165, 1.54) is 0 Å². The van der Waals surface area contributed by atoms with Gasteiger partial charge in [0, 0.05) is 5.56 Å². The Balaban J connectivity index is 2.35. The van der Waals surface area contributed by atoms with Crippen LogP contribution >= 0.6 is 23.2 Å². The predicted octanol–water partition coefficient (Wildman–Crippen LogP) is 4.58. The van der Waals surface area contributed by atoms with E-state index < -0.39 is 0 Å². The highest BCUT2D eigenvalue weighted by Gasteiger charge is 2.16. The normalized spacial score (nSPS) is 12.5. The number of ether oxygens (including phenoxy) is 1. The van der Waals surface area contributed by atoms with Crippen molar-refractivity contribution in [3.63, 3.8) is 0 Å². The highest BCUT2D eigenvalue weighted by atomic mass is 35.5. The molecule has 1 aromatic carbocycles. The van der Waals surface area contributed by atoms with Gasteiger partial charge >= 0.3 is 0 Å². The molecule has 0 aliphatic rings. The van der Waals surface area contributed by atoms with Gasteiger partial charge in [-0.2, -0.15) is 0 Å². The fraction of sp³-hybridized carbons (Fsp3) is 0.231. The Morgan fingerprint density at radius 3 is 2.59 bits per heavy atom. The molecule has 0 saturated carbocycles. The SMILES string of the molecule is COc1ccc(C(Cl)c2ccoc2C)cc1Cl. The molecule has 1 unspecified atom stereocenters. The maximum atomic E-state index is 6.39. The molecule has 0 aliphatic carbocycles. The van der Waals surface area contributed by atoms with Gasteiger partial charge in [-0.1, -0.05) is 17.7 Å². The first-order valence-electron chi connectivity index (χ1n) is 5.15. The van der Waals surface area contributed by atoms with Crippen molar-refractivity contribution in [2.45, 2.75) is 12.3 Å². The van der Waals surface area contributed by atoms with Crippen LogP contribution in [0.5, 0.6) is 5.75 Å². The van der Waals surface area contributed by atoms with Crippen molar-refractivity contribution in [2.75, 3.05) is 7.11 Å². The van der Waals surface area contributed by atoms with Gasteiger partial charge in [0.25, 0.3) is 0 Å². The van der Waals surface area contributed by atoms with Gasteiger partial charge < -0.3 is 9.15 Å². The highest BCUT2D eigenvalue weighted by molar-refractivity contribution is 6.32. The van der Waals surface area contributed by atoms with Crippen LogP contribution in [0.15, 0.2) is 34.9 Å². The fourth-order valence-electron chi connectivity index (χ4n) is 1.68. The van der Waals surface area contributed by atoms with Crippen molar-refractivity contribution in [2.24, 2.45) is 0 Å². The highest BCUT2D eigenvalue weighted by Crippen LogP contribution is 2.35. The lowest BCUT2D eigenvalue weighted by molar-refractivity contribution is 0.415. The summed E-state index contributed by atoms with van der Waals surface area (Å²) >= 11 is 12.5. The summed E-state index contributed by atoms with van der Waals surface area (Å²) in [4.78, 5) is 0. The Kier molecular flexibility index (Phi) is 3.65. The molecular formula is C13H12Cl2O2. The van der Waals surface area contributed by atoms with E-state index in [0.717, 1.165) is 16.9 Å². The summed E-state index contributed by atoms with van der Waals surface area (Å²) in [5.74, 6) is 1.46. The lowest BCUT2D eigenvalue weighted by Gasteiger charge is -2.11. The molecule has 0 fully saturated rings. The Morgan fingerprint density at radius 1 is 1.29 bits per heavy atom. The number of methoxy groups -OCH3 is 1.